The summed E-state index contributed by atoms with van der Waals surface area (Å²) in [4.78, 5) is 0. The van der Waals surface area contributed by atoms with Crippen molar-refractivity contribution in [1.82, 2.24) is 10.5 Å². The zero-order valence-corrected chi connectivity index (χ0v) is 10.6. The fraction of sp³-hybridized carbons (Fsp3) is 0.250. The summed E-state index contributed by atoms with van der Waals surface area (Å²) < 4.78 is 5.88. The Morgan fingerprint density at radius 2 is 2.19 bits per heavy atom. The van der Waals surface area contributed by atoms with Gasteiger partial charge >= 0.3 is 0 Å². The van der Waals surface area contributed by atoms with Crippen LogP contribution in [0.3, 0.4) is 0 Å². The van der Waals surface area contributed by atoms with Crippen LogP contribution in [0.15, 0.2) is 39.5 Å². The lowest BCUT2D eigenvalue weighted by molar-refractivity contribution is 0.408. The molecule has 2 rings (SSSR count). The molecule has 0 saturated carbocycles. The number of hydrogen-bond acceptors (Lipinski definition) is 3. The third-order valence-corrected chi connectivity index (χ3v) is 2.91. The van der Waals surface area contributed by atoms with Gasteiger partial charge in [-0.2, -0.15) is 0 Å². The van der Waals surface area contributed by atoms with Gasteiger partial charge in [0.15, 0.2) is 0 Å². The SMILES string of the molecule is Cc1cc(Br)ccc1CNCc1ccon1. The normalized spacial score (nSPS) is 10.6. The average Bonchev–Trinajstić information content (AvgIpc) is 2.74. The lowest BCUT2D eigenvalue weighted by atomic mass is 10.1. The molecule has 0 aliphatic carbocycles. The minimum atomic E-state index is 0.728. The summed E-state index contributed by atoms with van der Waals surface area (Å²) in [7, 11) is 0. The van der Waals surface area contributed by atoms with Crippen LogP contribution in [0.1, 0.15) is 16.8 Å². The van der Waals surface area contributed by atoms with Crippen LogP contribution in [-0.4, -0.2) is 5.16 Å². The molecule has 1 N–H and O–H groups in total. The maximum absolute atomic E-state index is 4.76. The summed E-state index contributed by atoms with van der Waals surface area (Å²) >= 11 is 3.45. The summed E-state index contributed by atoms with van der Waals surface area (Å²) in [6, 6.07) is 8.16. The topological polar surface area (TPSA) is 38.1 Å². The van der Waals surface area contributed by atoms with Crippen molar-refractivity contribution >= 4 is 15.9 Å². The molecule has 3 nitrogen and oxygen atoms in total. The fourth-order valence-corrected chi connectivity index (χ4v) is 1.99. The highest BCUT2D eigenvalue weighted by atomic mass is 79.9. The summed E-state index contributed by atoms with van der Waals surface area (Å²) in [6.07, 6.45) is 1.59. The fourth-order valence-electron chi connectivity index (χ4n) is 1.51. The maximum atomic E-state index is 4.76. The lowest BCUT2D eigenvalue weighted by Gasteiger charge is -2.06. The second-order valence-electron chi connectivity index (χ2n) is 3.67. The van der Waals surface area contributed by atoms with E-state index in [4.69, 9.17) is 4.52 Å². The van der Waals surface area contributed by atoms with Gasteiger partial charge in [0.2, 0.25) is 0 Å². The number of hydrogen-bond donors (Lipinski definition) is 1. The smallest absolute Gasteiger partial charge is 0.124 e. The van der Waals surface area contributed by atoms with Crippen molar-refractivity contribution in [3.8, 4) is 0 Å². The van der Waals surface area contributed by atoms with Crippen molar-refractivity contribution < 1.29 is 4.52 Å². The predicted molar refractivity (Wildman–Crippen MR) is 65.9 cm³/mol. The molecule has 0 bridgehead atoms. The zero-order valence-electron chi connectivity index (χ0n) is 9.03. The molecule has 84 valence electrons. The van der Waals surface area contributed by atoms with E-state index in [1.807, 2.05) is 6.07 Å². The van der Waals surface area contributed by atoms with Gasteiger partial charge in [0.25, 0.3) is 0 Å². The van der Waals surface area contributed by atoms with Gasteiger partial charge in [-0.05, 0) is 30.2 Å². The molecule has 0 atom stereocenters. The molecular formula is C12H13BrN2O. The molecule has 0 aliphatic rings. The molecule has 1 heterocycles. The Morgan fingerprint density at radius 3 is 2.88 bits per heavy atom. The third kappa shape index (κ3) is 2.93. The summed E-state index contributed by atoms with van der Waals surface area (Å²) in [5.74, 6) is 0. The molecule has 0 fully saturated rings. The largest absolute Gasteiger partial charge is 0.364 e. The highest BCUT2D eigenvalue weighted by Crippen LogP contribution is 2.15. The van der Waals surface area contributed by atoms with E-state index in [9.17, 15) is 0 Å². The van der Waals surface area contributed by atoms with Crippen LogP contribution >= 0.6 is 15.9 Å². The van der Waals surface area contributed by atoms with Crippen LogP contribution in [-0.2, 0) is 13.1 Å². The van der Waals surface area contributed by atoms with Crippen LogP contribution in [0, 0.1) is 6.92 Å². The first-order valence-corrected chi connectivity index (χ1v) is 5.90. The van der Waals surface area contributed by atoms with Crippen molar-refractivity contribution in [1.29, 1.82) is 0 Å². The molecule has 0 amide bonds. The highest BCUT2D eigenvalue weighted by Gasteiger charge is 2.00. The molecule has 16 heavy (non-hydrogen) atoms. The maximum Gasteiger partial charge on any atom is 0.124 e. The summed E-state index contributed by atoms with van der Waals surface area (Å²) in [6.45, 7) is 3.68. The number of benzene rings is 1. The van der Waals surface area contributed by atoms with Crippen molar-refractivity contribution in [2.45, 2.75) is 20.0 Å². The molecule has 1 aromatic heterocycles. The van der Waals surface area contributed by atoms with Crippen LogP contribution in [0.2, 0.25) is 0 Å². The standard InChI is InChI=1S/C12H13BrN2O/c1-9-6-11(13)3-2-10(9)7-14-8-12-4-5-16-15-12/h2-6,14H,7-8H2,1H3. The third-order valence-electron chi connectivity index (χ3n) is 2.42. The van der Waals surface area contributed by atoms with Gasteiger partial charge in [-0.3, -0.25) is 0 Å². The van der Waals surface area contributed by atoms with Crippen LogP contribution in [0.4, 0.5) is 0 Å². The Balaban J connectivity index is 1.90. The first-order chi connectivity index (χ1) is 7.75. The van der Waals surface area contributed by atoms with E-state index >= 15 is 0 Å². The lowest BCUT2D eigenvalue weighted by Crippen LogP contribution is -2.13. The van der Waals surface area contributed by atoms with E-state index in [2.05, 4.69) is 51.5 Å². The Hall–Kier alpha value is -1.13. The van der Waals surface area contributed by atoms with Gasteiger partial charge < -0.3 is 9.84 Å². The Labute approximate surface area is 103 Å². The first-order valence-electron chi connectivity index (χ1n) is 5.11. The number of aromatic nitrogens is 1. The summed E-state index contributed by atoms with van der Waals surface area (Å²) in [5.41, 5.74) is 3.50. The van der Waals surface area contributed by atoms with E-state index in [1.54, 1.807) is 6.26 Å². The second-order valence-corrected chi connectivity index (χ2v) is 4.58. The van der Waals surface area contributed by atoms with E-state index in [0.717, 1.165) is 23.3 Å². The van der Waals surface area contributed by atoms with E-state index in [0.29, 0.717) is 0 Å². The highest BCUT2D eigenvalue weighted by molar-refractivity contribution is 9.10. The van der Waals surface area contributed by atoms with Crippen LogP contribution in [0.25, 0.3) is 0 Å². The minimum Gasteiger partial charge on any atom is -0.364 e. The predicted octanol–water partition coefficient (Wildman–Crippen LogP) is 3.04. The van der Waals surface area contributed by atoms with Gasteiger partial charge in [-0.15, -0.1) is 0 Å². The second kappa shape index (κ2) is 5.27. The van der Waals surface area contributed by atoms with Crippen molar-refractivity contribution in [2.24, 2.45) is 0 Å². The Bertz CT molecular complexity index is 454. The van der Waals surface area contributed by atoms with Crippen LogP contribution in [0.5, 0.6) is 0 Å². The zero-order chi connectivity index (χ0) is 11.4. The molecule has 0 radical (unpaired) electrons. The Morgan fingerprint density at radius 1 is 1.31 bits per heavy atom. The number of aryl methyl sites for hydroxylation is 1. The van der Waals surface area contributed by atoms with Gasteiger partial charge in [0.1, 0.15) is 6.26 Å². The monoisotopic (exact) mass is 280 g/mol. The minimum absolute atomic E-state index is 0.728. The van der Waals surface area contributed by atoms with Crippen molar-refractivity contribution in [2.75, 3.05) is 0 Å². The molecular weight excluding hydrogens is 268 g/mol. The number of nitrogens with one attached hydrogen (secondary N) is 1. The van der Waals surface area contributed by atoms with Crippen molar-refractivity contribution in [3.05, 3.63) is 51.8 Å². The Kier molecular flexibility index (Phi) is 3.74. The summed E-state index contributed by atoms with van der Waals surface area (Å²) in [5, 5.41) is 7.17. The number of nitrogens with zero attached hydrogens (tertiary/aromatic N) is 1. The molecule has 0 aliphatic heterocycles. The molecule has 1 aromatic carbocycles. The van der Waals surface area contributed by atoms with Gasteiger partial charge in [0.05, 0.1) is 5.69 Å². The molecule has 0 spiro atoms. The van der Waals surface area contributed by atoms with E-state index in [-0.39, 0.29) is 0 Å². The number of rotatable bonds is 4. The quantitative estimate of drug-likeness (QED) is 0.936. The van der Waals surface area contributed by atoms with Gasteiger partial charge in [-0.1, -0.05) is 27.2 Å². The van der Waals surface area contributed by atoms with Crippen LogP contribution < -0.4 is 5.32 Å². The van der Waals surface area contributed by atoms with Gasteiger partial charge in [0, 0.05) is 23.6 Å². The first kappa shape index (κ1) is 11.4. The van der Waals surface area contributed by atoms with Gasteiger partial charge in [-0.25, -0.2) is 0 Å². The molecule has 0 saturated heterocycles. The number of halogens is 1. The molecule has 0 unspecified atom stereocenters. The van der Waals surface area contributed by atoms with E-state index in [1.165, 1.54) is 11.1 Å². The molecule has 4 heteroatoms. The van der Waals surface area contributed by atoms with E-state index < -0.39 is 0 Å². The average molecular weight is 281 g/mol. The van der Waals surface area contributed by atoms with Crippen molar-refractivity contribution in [3.63, 3.8) is 0 Å². The molecule has 2 aromatic rings.